The molecule has 1 aromatic heterocycles. The predicted octanol–water partition coefficient (Wildman–Crippen LogP) is 4.22. The van der Waals surface area contributed by atoms with Crippen LogP contribution in [0.3, 0.4) is 0 Å². The Bertz CT molecular complexity index is 255. The summed E-state index contributed by atoms with van der Waals surface area (Å²) in [6.45, 7) is 2.19. The number of halogens is 2. The van der Waals surface area contributed by atoms with Gasteiger partial charge in [-0.3, -0.25) is 0 Å². The molecule has 0 aromatic carbocycles. The second-order valence-corrected chi connectivity index (χ2v) is 5.44. The van der Waals surface area contributed by atoms with Crippen LogP contribution in [0.2, 0.25) is 4.34 Å². The highest BCUT2D eigenvalue weighted by Gasteiger charge is 2.12. The normalized spacial score (nSPS) is 13.2. The van der Waals surface area contributed by atoms with Crippen molar-refractivity contribution in [3.8, 4) is 0 Å². The molecule has 4 heteroatoms. The van der Waals surface area contributed by atoms with E-state index in [0.717, 1.165) is 15.2 Å². The van der Waals surface area contributed by atoms with Crippen molar-refractivity contribution in [1.82, 2.24) is 5.32 Å². The molecular weight excluding hydrogens is 270 g/mol. The Hall–Kier alpha value is 0.430. The second-order valence-electron chi connectivity index (χ2n) is 2.90. The molecular formula is C9H13BrClNS. The van der Waals surface area contributed by atoms with Gasteiger partial charge in [0.25, 0.3) is 0 Å². The van der Waals surface area contributed by atoms with Crippen molar-refractivity contribution in [3.05, 3.63) is 19.8 Å². The van der Waals surface area contributed by atoms with E-state index >= 15 is 0 Å². The smallest absolute Gasteiger partial charge is 0.107 e. The maximum atomic E-state index is 5.97. The quantitative estimate of drug-likeness (QED) is 0.871. The number of hydrogen-bond donors (Lipinski definition) is 1. The molecule has 74 valence electrons. The summed E-state index contributed by atoms with van der Waals surface area (Å²) >= 11 is 11.0. The Morgan fingerprint density at radius 2 is 2.38 bits per heavy atom. The Morgan fingerprint density at radius 3 is 2.77 bits per heavy atom. The zero-order valence-electron chi connectivity index (χ0n) is 7.73. The summed E-state index contributed by atoms with van der Waals surface area (Å²) in [5.41, 5.74) is 0. The first kappa shape index (κ1) is 11.5. The lowest BCUT2D eigenvalue weighted by Gasteiger charge is -2.12. The lowest BCUT2D eigenvalue weighted by molar-refractivity contribution is 0.550. The summed E-state index contributed by atoms with van der Waals surface area (Å²) < 4.78 is 1.84. The number of nitrogens with one attached hydrogen (secondary N) is 1. The summed E-state index contributed by atoms with van der Waals surface area (Å²) in [6, 6.07) is 2.54. The molecule has 1 N–H and O–H groups in total. The molecule has 0 radical (unpaired) electrons. The van der Waals surface area contributed by atoms with Gasteiger partial charge in [0.1, 0.15) is 4.34 Å². The molecule has 0 fully saturated rings. The molecule has 1 heterocycles. The van der Waals surface area contributed by atoms with Crippen LogP contribution in [-0.4, -0.2) is 7.05 Å². The van der Waals surface area contributed by atoms with Gasteiger partial charge in [0, 0.05) is 15.4 Å². The largest absolute Gasteiger partial charge is 0.312 e. The minimum atomic E-state index is 0.443. The van der Waals surface area contributed by atoms with E-state index in [1.807, 2.05) is 7.05 Å². The van der Waals surface area contributed by atoms with Crippen molar-refractivity contribution >= 4 is 38.9 Å². The molecule has 1 aromatic rings. The Kier molecular flexibility index (Phi) is 4.73. The fourth-order valence-corrected chi connectivity index (χ4v) is 3.13. The van der Waals surface area contributed by atoms with Gasteiger partial charge in [0.05, 0.1) is 0 Å². The van der Waals surface area contributed by atoms with Crippen molar-refractivity contribution < 1.29 is 0 Å². The van der Waals surface area contributed by atoms with Crippen LogP contribution < -0.4 is 5.32 Å². The average molecular weight is 283 g/mol. The average Bonchev–Trinajstić information content (AvgIpc) is 2.43. The second kappa shape index (κ2) is 5.35. The Balaban J connectivity index is 2.78. The molecule has 0 aliphatic heterocycles. The van der Waals surface area contributed by atoms with E-state index < -0.39 is 0 Å². The maximum Gasteiger partial charge on any atom is 0.107 e. The highest BCUT2D eigenvalue weighted by atomic mass is 79.9. The summed E-state index contributed by atoms with van der Waals surface area (Å²) in [7, 11) is 1.99. The van der Waals surface area contributed by atoms with Gasteiger partial charge in [-0.15, -0.1) is 11.3 Å². The number of thiophene rings is 1. The molecule has 0 aliphatic rings. The van der Waals surface area contributed by atoms with Crippen molar-refractivity contribution in [1.29, 1.82) is 0 Å². The highest BCUT2D eigenvalue weighted by molar-refractivity contribution is 9.10. The van der Waals surface area contributed by atoms with Crippen LogP contribution >= 0.6 is 38.9 Å². The Labute approximate surface area is 96.6 Å². The van der Waals surface area contributed by atoms with Gasteiger partial charge in [0.2, 0.25) is 0 Å². The van der Waals surface area contributed by atoms with Gasteiger partial charge < -0.3 is 5.32 Å². The lowest BCUT2D eigenvalue weighted by Crippen LogP contribution is -2.14. The predicted molar refractivity (Wildman–Crippen MR) is 63.7 cm³/mol. The van der Waals surface area contributed by atoms with Crippen molar-refractivity contribution in [2.24, 2.45) is 0 Å². The van der Waals surface area contributed by atoms with E-state index in [0.29, 0.717) is 6.04 Å². The monoisotopic (exact) mass is 281 g/mol. The van der Waals surface area contributed by atoms with Gasteiger partial charge in [0.15, 0.2) is 0 Å². The van der Waals surface area contributed by atoms with Gasteiger partial charge in [-0.05, 0) is 35.5 Å². The van der Waals surface area contributed by atoms with E-state index in [1.165, 1.54) is 11.3 Å². The van der Waals surface area contributed by atoms with E-state index in [4.69, 9.17) is 11.6 Å². The molecule has 13 heavy (non-hydrogen) atoms. The molecule has 0 aliphatic carbocycles. The Morgan fingerprint density at radius 1 is 1.69 bits per heavy atom. The van der Waals surface area contributed by atoms with Crippen molar-refractivity contribution in [3.63, 3.8) is 0 Å². The summed E-state index contributed by atoms with van der Waals surface area (Å²) in [6.07, 6.45) is 2.33. The van der Waals surface area contributed by atoms with Crippen LogP contribution in [0.25, 0.3) is 0 Å². The number of rotatable bonds is 4. The van der Waals surface area contributed by atoms with Gasteiger partial charge in [-0.2, -0.15) is 0 Å². The first-order chi connectivity index (χ1) is 6.19. The van der Waals surface area contributed by atoms with Crippen molar-refractivity contribution in [2.45, 2.75) is 25.8 Å². The van der Waals surface area contributed by atoms with Crippen LogP contribution in [-0.2, 0) is 0 Å². The first-order valence-corrected chi connectivity index (χ1v) is 6.29. The van der Waals surface area contributed by atoms with Gasteiger partial charge in [-0.25, -0.2) is 0 Å². The minimum absolute atomic E-state index is 0.443. The van der Waals surface area contributed by atoms with E-state index in [-0.39, 0.29) is 0 Å². The third-order valence-corrected chi connectivity index (χ3v) is 4.52. The molecule has 1 unspecified atom stereocenters. The standard InChI is InChI=1S/C9H13BrClNS/c1-3-4-7(12-2)8-5-6(10)9(11)13-8/h5,7,12H,3-4H2,1-2H3. The van der Waals surface area contributed by atoms with E-state index in [1.54, 1.807) is 11.3 Å². The van der Waals surface area contributed by atoms with Crippen LogP contribution in [0, 0.1) is 0 Å². The third-order valence-electron chi connectivity index (χ3n) is 1.93. The van der Waals surface area contributed by atoms with Crippen LogP contribution in [0.5, 0.6) is 0 Å². The van der Waals surface area contributed by atoms with Crippen LogP contribution in [0.4, 0.5) is 0 Å². The molecule has 1 rings (SSSR count). The van der Waals surface area contributed by atoms with Gasteiger partial charge in [-0.1, -0.05) is 24.9 Å². The van der Waals surface area contributed by atoms with Gasteiger partial charge >= 0.3 is 0 Å². The molecule has 0 bridgehead atoms. The number of hydrogen-bond acceptors (Lipinski definition) is 2. The van der Waals surface area contributed by atoms with E-state index in [2.05, 4.69) is 34.2 Å². The molecule has 1 atom stereocenters. The maximum absolute atomic E-state index is 5.97. The SMILES string of the molecule is CCCC(NC)c1cc(Br)c(Cl)s1. The van der Waals surface area contributed by atoms with Crippen LogP contribution in [0.1, 0.15) is 30.7 Å². The zero-order valence-corrected chi connectivity index (χ0v) is 10.9. The van der Waals surface area contributed by atoms with Crippen molar-refractivity contribution in [2.75, 3.05) is 7.05 Å². The summed E-state index contributed by atoms with van der Waals surface area (Å²) in [5.74, 6) is 0. The van der Waals surface area contributed by atoms with E-state index in [9.17, 15) is 0 Å². The minimum Gasteiger partial charge on any atom is -0.312 e. The molecule has 0 amide bonds. The molecule has 0 saturated heterocycles. The first-order valence-electron chi connectivity index (χ1n) is 4.31. The zero-order chi connectivity index (χ0) is 9.84. The molecule has 1 nitrogen and oxygen atoms in total. The topological polar surface area (TPSA) is 12.0 Å². The summed E-state index contributed by atoms with van der Waals surface area (Å²) in [4.78, 5) is 1.31. The lowest BCUT2D eigenvalue weighted by atomic mass is 10.1. The third kappa shape index (κ3) is 2.94. The fraction of sp³-hybridized carbons (Fsp3) is 0.556. The summed E-state index contributed by atoms with van der Waals surface area (Å²) in [5, 5.41) is 3.29. The highest BCUT2D eigenvalue weighted by Crippen LogP contribution is 2.36. The fourth-order valence-electron chi connectivity index (χ4n) is 1.25. The molecule has 0 saturated carbocycles. The molecule has 0 spiro atoms. The van der Waals surface area contributed by atoms with Crippen LogP contribution in [0.15, 0.2) is 10.5 Å².